The summed E-state index contributed by atoms with van der Waals surface area (Å²) in [6.45, 7) is 19.9. The van der Waals surface area contributed by atoms with Gasteiger partial charge in [0.05, 0.1) is 13.2 Å². The quantitative estimate of drug-likeness (QED) is 0.518. The highest BCUT2D eigenvalue weighted by Crippen LogP contribution is 2.39. The Balaban J connectivity index is 3.09. The van der Waals surface area contributed by atoms with Gasteiger partial charge in [0.25, 0.3) is 0 Å². The molecule has 0 bridgehead atoms. The van der Waals surface area contributed by atoms with Crippen LogP contribution in [0.25, 0.3) is 0 Å². The number of benzene rings is 1. The zero-order chi connectivity index (χ0) is 19.6. The summed E-state index contributed by atoms with van der Waals surface area (Å²) in [7, 11) is -0.261. The molecule has 0 aliphatic carbocycles. The Morgan fingerprint density at radius 3 is 1.92 bits per heavy atom. The first-order chi connectivity index (χ1) is 11.2. The van der Waals surface area contributed by atoms with Crippen LogP contribution in [0.4, 0.5) is 0 Å². The van der Waals surface area contributed by atoms with Gasteiger partial charge < -0.3 is 13.9 Å². The molecule has 0 heterocycles. The standard InChI is InChI=1S/C20H35ClO3Si/c1-14(24-25(9,10)20(5,6)7)18(19(2,3)4)23-17-12-15(21)11-16(13-17)22-8/h11-14,18H,1-10H3. The van der Waals surface area contributed by atoms with E-state index in [9.17, 15) is 0 Å². The van der Waals surface area contributed by atoms with Crippen LogP contribution < -0.4 is 9.47 Å². The van der Waals surface area contributed by atoms with Crippen LogP contribution in [0.15, 0.2) is 18.2 Å². The van der Waals surface area contributed by atoms with Crippen LogP contribution >= 0.6 is 11.6 Å². The summed E-state index contributed by atoms with van der Waals surface area (Å²) in [6.07, 6.45) is -0.143. The average molecular weight is 387 g/mol. The Labute approximate surface area is 160 Å². The normalized spacial score (nSPS) is 15.6. The second-order valence-electron chi connectivity index (χ2n) is 9.31. The maximum absolute atomic E-state index is 6.60. The third-order valence-electron chi connectivity index (χ3n) is 4.91. The van der Waals surface area contributed by atoms with E-state index < -0.39 is 8.32 Å². The van der Waals surface area contributed by atoms with Gasteiger partial charge in [-0.3, -0.25) is 0 Å². The molecule has 0 N–H and O–H groups in total. The lowest BCUT2D eigenvalue weighted by Gasteiger charge is -2.43. The zero-order valence-corrected chi connectivity index (χ0v) is 19.2. The van der Waals surface area contributed by atoms with Crippen LogP contribution in [0.3, 0.4) is 0 Å². The Bertz CT molecular complexity index is 573. The molecule has 1 aromatic carbocycles. The molecule has 1 rings (SSSR count). The van der Waals surface area contributed by atoms with Crippen molar-refractivity contribution in [2.24, 2.45) is 5.41 Å². The molecule has 2 unspecified atom stereocenters. The Kier molecular flexibility index (Phi) is 7.05. The first kappa shape index (κ1) is 22.3. The number of rotatable bonds is 6. The number of methoxy groups -OCH3 is 1. The Hall–Kier alpha value is -0.713. The molecule has 0 spiro atoms. The third kappa shape index (κ3) is 6.19. The predicted molar refractivity (Wildman–Crippen MR) is 110 cm³/mol. The van der Waals surface area contributed by atoms with E-state index in [0.29, 0.717) is 16.5 Å². The van der Waals surface area contributed by atoms with Crippen LogP contribution in [0, 0.1) is 5.41 Å². The number of ether oxygens (including phenoxy) is 2. The van der Waals surface area contributed by atoms with Gasteiger partial charge in [0.15, 0.2) is 8.32 Å². The van der Waals surface area contributed by atoms with Crippen LogP contribution in [-0.2, 0) is 4.43 Å². The molecule has 144 valence electrons. The molecular weight excluding hydrogens is 352 g/mol. The number of halogens is 1. The highest BCUT2D eigenvalue weighted by Gasteiger charge is 2.42. The molecule has 0 radical (unpaired) electrons. The van der Waals surface area contributed by atoms with Crippen molar-refractivity contribution in [1.29, 1.82) is 0 Å². The van der Waals surface area contributed by atoms with Gasteiger partial charge in [-0.1, -0.05) is 53.1 Å². The summed E-state index contributed by atoms with van der Waals surface area (Å²) in [4.78, 5) is 0. The van der Waals surface area contributed by atoms with E-state index >= 15 is 0 Å². The van der Waals surface area contributed by atoms with Crippen molar-refractivity contribution < 1.29 is 13.9 Å². The minimum atomic E-state index is -1.89. The fourth-order valence-electron chi connectivity index (χ4n) is 2.55. The smallest absolute Gasteiger partial charge is 0.192 e. The van der Waals surface area contributed by atoms with Crippen molar-refractivity contribution in [3.05, 3.63) is 23.2 Å². The Morgan fingerprint density at radius 2 is 1.48 bits per heavy atom. The Morgan fingerprint density at radius 1 is 0.960 bits per heavy atom. The van der Waals surface area contributed by atoms with Crippen molar-refractivity contribution in [1.82, 2.24) is 0 Å². The minimum absolute atomic E-state index is 0.0362. The van der Waals surface area contributed by atoms with Gasteiger partial charge in [-0.05, 0) is 37.2 Å². The highest BCUT2D eigenvalue weighted by molar-refractivity contribution is 6.74. The first-order valence-electron chi connectivity index (χ1n) is 8.86. The van der Waals surface area contributed by atoms with Crippen molar-refractivity contribution in [2.75, 3.05) is 7.11 Å². The lowest BCUT2D eigenvalue weighted by Crippen LogP contribution is -2.50. The SMILES string of the molecule is COc1cc(Cl)cc(OC(C(C)O[Si](C)(C)C(C)(C)C)C(C)(C)C)c1. The number of hydrogen-bond acceptors (Lipinski definition) is 3. The molecule has 3 nitrogen and oxygen atoms in total. The highest BCUT2D eigenvalue weighted by atomic mass is 35.5. The summed E-state index contributed by atoms with van der Waals surface area (Å²) in [5, 5.41) is 0.753. The molecule has 0 aliphatic rings. The molecule has 0 saturated heterocycles. The van der Waals surface area contributed by atoms with E-state index in [2.05, 4.69) is 61.6 Å². The summed E-state index contributed by atoms with van der Waals surface area (Å²) in [5.41, 5.74) is -0.0860. The van der Waals surface area contributed by atoms with Crippen molar-refractivity contribution >= 4 is 19.9 Å². The topological polar surface area (TPSA) is 27.7 Å². The molecule has 0 saturated carbocycles. The second kappa shape index (κ2) is 7.89. The third-order valence-corrected chi connectivity index (χ3v) is 9.70. The van der Waals surface area contributed by atoms with Gasteiger partial charge in [0.2, 0.25) is 0 Å². The molecule has 1 aromatic rings. The van der Waals surface area contributed by atoms with E-state index in [1.54, 1.807) is 13.2 Å². The molecule has 0 amide bonds. The predicted octanol–water partition coefficient (Wildman–Crippen LogP) is 6.55. The zero-order valence-electron chi connectivity index (χ0n) is 17.5. The van der Waals surface area contributed by atoms with E-state index in [-0.39, 0.29) is 22.7 Å². The fraction of sp³-hybridized carbons (Fsp3) is 0.700. The molecule has 25 heavy (non-hydrogen) atoms. The van der Waals surface area contributed by atoms with Crippen LogP contribution in [0.5, 0.6) is 11.5 Å². The largest absolute Gasteiger partial charge is 0.497 e. The van der Waals surface area contributed by atoms with Crippen molar-refractivity contribution in [3.8, 4) is 11.5 Å². The van der Waals surface area contributed by atoms with Gasteiger partial charge in [-0.2, -0.15) is 0 Å². The van der Waals surface area contributed by atoms with Crippen LogP contribution in [-0.4, -0.2) is 27.6 Å². The molecule has 2 atom stereocenters. The van der Waals surface area contributed by atoms with E-state index in [0.717, 1.165) is 0 Å². The van der Waals surface area contributed by atoms with Gasteiger partial charge in [-0.15, -0.1) is 0 Å². The summed E-state index contributed by atoms with van der Waals surface area (Å²) < 4.78 is 18.3. The summed E-state index contributed by atoms with van der Waals surface area (Å²) >= 11 is 6.19. The molecular formula is C20H35ClO3Si. The van der Waals surface area contributed by atoms with E-state index in [1.807, 2.05) is 12.1 Å². The summed E-state index contributed by atoms with van der Waals surface area (Å²) in [5.74, 6) is 1.39. The van der Waals surface area contributed by atoms with Crippen molar-refractivity contribution in [2.45, 2.75) is 78.8 Å². The first-order valence-corrected chi connectivity index (χ1v) is 12.1. The summed E-state index contributed by atoms with van der Waals surface area (Å²) in [6, 6.07) is 5.46. The van der Waals surface area contributed by atoms with Gasteiger partial charge in [0.1, 0.15) is 17.6 Å². The minimum Gasteiger partial charge on any atom is -0.497 e. The maximum Gasteiger partial charge on any atom is 0.192 e. The van der Waals surface area contributed by atoms with Crippen LogP contribution in [0.2, 0.25) is 23.2 Å². The van der Waals surface area contributed by atoms with Crippen molar-refractivity contribution in [3.63, 3.8) is 0 Å². The fourth-order valence-corrected chi connectivity index (χ4v) is 4.17. The molecule has 0 aromatic heterocycles. The second-order valence-corrected chi connectivity index (χ2v) is 14.5. The van der Waals surface area contributed by atoms with E-state index in [1.165, 1.54) is 0 Å². The molecule has 0 aliphatic heterocycles. The molecule has 5 heteroatoms. The average Bonchev–Trinajstić information content (AvgIpc) is 2.41. The monoisotopic (exact) mass is 386 g/mol. The lowest BCUT2D eigenvalue weighted by atomic mass is 9.86. The maximum atomic E-state index is 6.60. The van der Waals surface area contributed by atoms with Gasteiger partial charge >= 0.3 is 0 Å². The van der Waals surface area contributed by atoms with Gasteiger partial charge in [-0.25, -0.2) is 0 Å². The lowest BCUT2D eigenvalue weighted by molar-refractivity contribution is -0.0111. The van der Waals surface area contributed by atoms with E-state index in [4.69, 9.17) is 25.5 Å². The molecule has 0 fully saturated rings. The number of hydrogen-bond donors (Lipinski definition) is 0. The van der Waals surface area contributed by atoms with Gasteiger partial charge in [0, 0.05) is 16.5 Å². The van der Waals surface area contributed by atoms with Crippen LogP contribution in [0.1, 0.15) is 48.5 Å².